The van der Waals surface area contributed by atoms with Crippen LogP contribution >= 0.6 is 0 Å². The highest BCUT2D eigenvalue weighted by atomic mass is 15.1. The molecule has 0 radical (unpaired) electrons. The summed E-state index contributed by atoms with van der Waals surface area (Å²) in [5.74, 6) is 0. The zero-order valence-electron chi connectivity index (χ0n) is 19.9. The number of hydrogen-bond donors (Lipinski definition) is 0. The third-order valence-electron chi connectivity index (χ3n) is 5.87. The molecule has 0 unspecified atom stereocenters. The molecule has 0 amide bonds. The first-order chi connectivity index (χ1) is 13.3. The van der Waals surface area contributed by atoms with Gasteiger partial charge in [0.1, 0.15) is 23.8 Å². The van der Waals surface area contributed by atoms with E-state index < -0.39 is 0 Å². The first-order valence-electron chi connectivity index (χ1n) is 10.6. The Morgan fingerprint density at radius 3 is 1.48 bits per heavy atom. The monoisotopic (exact) mass is 389 g/mol. The van der Waals surface area contributed by atoms with E-state index in [1.165, 1.54) is 44.8 Å². The van der Waals surface area contributed by atoms with Crippen LogP contribution in [0.5, 0.6) is 0 Å². The van der Waals surface area contributed by atoms with E-state index in [-0.39, 0.29) is 10.8 Å². The molecule has 0 aliphatic heterocycles. The standard InChI is InChI=1S/C27H37N2/c1-18-13-22(26(5,6)7)14-19(2)24(18)28-11-12-29(17-28)25-20(3)15-23(16-21(25)4)27(8,9)10/h11-17H,1-10H3/q+1. The second-order valence-electron chi connectivity index (χ2n) is 10.6. The van der Waals surface area contributed by atoms with Gasteiger partial charge < -0.3 is 0 Å². The van der Waals surface area contributed by atoms with Gasteiger partial charge in [-0.2, -0.15) is 0 Å². The lowest BCUT2D eigenvalue weighted by Gasteiger charge is -2.21. The van der Waals surface area contributed by atoms with Crippen LogP contribution in [0.15, 0.2) is 43.0 Å². The van der Waals surface area contributed by atoms with Crippen molar-refractivity contribution in [3.63, 3.8) is 0 Å². The maximum atomic E-state index is 2.33. The van der Waals surface area contributed by atoms with Gasteiger partial charge in [-0.3, -0.25) is 0 Å². The molecule has 0 fully saturated rings. The van der Waals surface area contributed by atoms with Crippen LogP contribution in [0.2, 0.25) is 0 Å². The van der Waals surface area contributed by atoms with Crippen molar-refractivity contribution < 1.29 is 4.57 Å². The molecule has 0 N–H and O–H groups in total. The Balaban J connectivity index is 2.08. The minimum Gasteiger partial charge on any atom is -0.202 e. The van der Waals surface area contributed by atoms with Crippen molar-refractivity contribution in [1.82, 2.24) is 4.57 Å². The Labute approximate surface area is 177 Å². The van der Waals surface area contributed by atoms with Gasteiger partial charge in [0.2, 0.25) is 0 Å². The van der Waals surface area contributed by atoms with Crippen molar-refractivity contribution in [2.24, 2.45) is 0 Å². The first kappa shape index (κ1) is 21.4. The summed E-state index contributed by atoms with van der Waals surface area (Å²) in [6, 6.07) is 9.34. The molecule has 0 saturated heterocycles. The van der Waals surface area contributed by atoms with Gasteiger partial charge in [0.05, 0.1) is 0 Å². The van der Waals surface area contributed by atoms with E-state index in [2.05, 4.69) is 121 Å². The van der Waals surface area contributed by atoms with E-state index in [0.29, 0.717) is 0 Å². The number of aromatic nitrogens is 2. The number of benzene rings is 2. The highest BCUT2D eigenvalue weighted by Gasteiger charge is 2.22. The predicted octanol–water partition coefficient (Wildman–Crippen LogP) is 6.58. The van der Waals surface area contributed by atoms with Crippen LogP contribution in [-0.2, 0) is 10.8 Å². The van der Waals surface area contributed by atoms with E-state index in [0.717, 1.165) is 0 Å². The minimum atomic E-state index is 0.160. The van der Waals surface area contributed by atoms with Gasteiger partial charge in [0.25, 0.3) is 6.33 Å². The predicted molar refractivity (Wildman–Crippen MR) is 124 cm³/mol. The zero-order valence-corrected chi connectivity index (χ0v) is 19.9. The molecular weight excluding hydrogens is 352 g/mol. The molecule has 2 heteroatoms. The molecule has 0 spiro atoms. The van der Waals surface area contributed by atoms with Gasteiger partial charge in [0, 0.05) is 0 Å². The largest absolute Gasteiger partial charge is 0.254 e. The lowest BCUT2D eigenvalue weighted by molar-refractivity contribution is -0.595. The van der Waals surface area contributed by atoms with Crippen LogP contribution in [0.1, 0.15) is 74.9 Å². The fourth-order valence-corrected chi connectivity index (χ4v) is 4.21. The van der Waals surface area contributed by atoms with Crippen molar-refractivity contribution in [1.29, 1.82) is 0 Å². The molecular formula is C27H37N2+. The molecule has 0 bridgehead atoms. The smallest absolute Gasteiger partial charge is 0.202 e. The molecule has 3 aromatic rings. The minimum absolute atomic E-state index is 0.160. The summed E-state index contributed by atoms with van der Waals surface area (Å²) in [5.41, 5.74) is 10.9. The van der Waals surface area contributed by atoms with Gasteiger partial charge in [-0.1, -0.05) is 65.8 Å². The van der Waals surface area contributed by atoms with Gasteiger partial charge in [-0.15, -0.1) is 0 Å². The second-order valence-corrected chi connectivity index (χ2v) is 10.6. The summed E-state index contributed by atoms with van der Waals surface area (Å²) in [6.45, 7) is 22.5. The molecule has 1 aromatic heterocycles. The summed E-state index contributed by atoms with van der Waals surface area (Å²) in [5, 5.41) is 0. The topological polar surface area (TPSA) is 8.81 Å². The second kappa shape index (κ2) is 7.16. The van der Waals surface area contributed by atoms with Crippen LogP contribution in [0, 0.1) is 27.7 Å². The Morgan fingerprint density at radius 1 is 0.655 bits per heavy atom. The molecule has 3 rings (SSSR count). The molecule has 0 atom stereocenters. The Hall–Kier alpha value is -2.35. The molecule has 2 aromatic carbocycles. The summed E-state index contributed by atoms with van der Waals surface area (Å²) in [6.07, 6.45) is 6.55. The molecule has 0 aliphatic carbocycles. The third-order valence-corrected chi connectivity index (χ3v) is 5.87. The zero-order chi connectivity index (χ0) is 21.7. The quantitative estimate of drug-likeness (QED) is 0.438. The summed E-state index contributed by atoms with van der Waals surface area (Å²) in [7, 11) is 0. The highest BCUT2D eigenvalue weighted by molar-refractivity contribution is 5.51. The fraction of sp³-hybridized carbons (Fsp3) is 0.444. The van der Waals surface area contributed by atoms with Gasteiger partial charge in [0.15, 0.2) is 0 Å². The fourth-order valence-electron chi connectivity index (χ4n) is 4.21. The average molecular weight is 390 g/mol. The third kappa shape index (κ3) is 4.17. The number of imidazole rings is 1. The molecule has 154 valence electrons. The van der Waals surface area contributed by atoms with E-state index in [1.54, 1.807) is 0 Å². The van der Waals surface area contributed by atoms with Gasteiger partial charge in [-0.25, -0.2) is 9.13 Å². The summed E-state index contributed by atoms with van der Waals surface area (Å²) >= 11 is 0. The van der Waals surface area contributed by atoms with E-state index >= 15 is 0 Å². The van der Waals surface area contributed by atoms with Gasteiger partial charge in [-0.05, 0) is 71.9 Å². The van der Waals surface area contributed by atoms with Crippen molar-refractivity contribution in [2.45, 2.75) is 80.1 Å². The Kier molecular flexibility index (Phi) is 5.28. The van der Waals surface area contributed by atoms with Crippen LogP contribution in [0.25, 0.3) is 11.4 Å². The van der Waals surface area contributed by atoms with Crippen LogP contribution in [0.3, 0.4) is 0 Å². The first-order valence-corrected chi connectivity index (χ1v) is 10.6. The number of rotatable bonds is 2. The number of aryl methyl sites for hydroxylation is 4. The average Bonchev–Trinajstić information content (AvgIpc) is 3.00. The van der Waals surface area contributed by atoms with E-state index in [9.17, 15) is 0 Å². The highest BCUT2D eigenvalue weighted by Crippen LogP contribution is 2.29. The lowest BCUT2D eigenvalue weighted by atomic mass is 9.84. The normalized spacial score (nSPS) is 12.5. The molecule has 29 heavy (non-hydrogen) atoms. The van der Waals surface area contributed by atoms with Crippen LogP contribution in [-0.4, -0.2) is 4.57 Å². The molecule has 2 nitrogen and oxygen atoms in total. The lowest BCUT2D eigenvalue weighted by Crippen LogP contribution is -2.30. The number of hydrogen-bond acceptors (Lipinski definition) is 0. The number of nitrogens with zero attached hydrogens (tertiary/aromatic N) is 2. The van der Waals surface area contributed by atoms with Crippen LogP contribution in [0.4, 0.5) is 0 Å². The van der Waals surface area contributed by atoms with Crippen molar-refractivity contribution in [3.05, 3.63) is 76.4 Å². The van der Waals surface area contributed by atoms with Gasteiger partial charge >= 0.3 is 0 Å². The van der Waals surface area contributed by atoms with Crippen molar-refractivity contribution in [2.75, 3.05) is 0 Å². The Morgan fingerprint density at radius 2 is 1.07 bits per heavy atom. The SMILES string of the molecule is Cc1cc(C(C)(C)C)cc(C)c1-n1cc[n+](-c2c(C)cc(C(C)(C)C)cc2C)c1. The maximum Gasteiger partial charge on any atom is 0.254 e. The van der Waals surface area contributed by atoms with E-state index in [4.69, 9.17) is 0 Å². The molecule has 0 aliphatic rings. The van der Waals surface area contributed by atoms with Crippen molar-refractivity contribution >= 4 is 0 Å². The molecule has 0 saturated carbocycles. The van der Waals surface area contributed by atoms with E-state index in [1.807, 2.05) is 0 Å². The maximum absolute atomic E-state index is 2.33. The van der Waals surface area contributed by atoms with Crippen molar-refractivity contribution in [3.8, 4) is 11.4 Å². The Bertz CT molecular complexity index is 923. The summed E-state index contributed by atoms with van der Waals surface area (Å²) < 4.78 is 4.52. The summed E-state index contributed by atoms with van der Waals surface area (Å²) in [4.78, 5) is 0. The van der Waals surface area contributed by atoms with Crippen LogP contribution < -0.4 is 4.57 Å². The molecule has 1 heterocycles.